The van der Waals surface area contributed by atoms with Crippen LogP contribution in [0.2, 0.25) is 5.02 Å². The molecule has 4 rings (SSSR count). The number of anilines is 1. The van der Waals surface area contributed by atoms with Crippen LogP contribution in [-0.4, -0.2) is 21.5 Å². The van der Waals surface area contributed by atoms with Crippen LogP contribution >= 0.6 is 11.6 Å². The van der Waals surface area contributed by atoms with E-state index in [1.54, 1.807) is 53.5 Å². The Kier molecular flexibility index (Phi) is 6.37. The van der Waals surface area contributed by atoms with Crippen molar-refractivity contribution >= 4 is 29.0 Å². The molecule has 2 aromatic carbocycles. The van der Waals surface area contributed by atoms with Gasteiger partial charge in [-0.15, -0.1) is 0 Å². The van der Waals surface area contributed by atoms with Crippen LogP contribution in [0, 0.1) is 0 Å². The number of aromatic nitrogens is 2. The van der Waals surface area contributed by atoms with Crippen LogP contribution < -0.4 is 10.1 Å². The zero-order valence-corrected chi connectivity index (χ0v) is 18.0. The molecule has 0 bridgehead atoms. The summed E-state index contributed by atoms with van der Waals surface area (Å²) in [4.78, 5) is 23.8. The van der Waals surface area contributed by atoms with Crippen LogP contribution in [0.5, 0.6) is 5.75 Å². The zero-order valence-electron chi connectivity index (χ0n) is 17.2. The summed E-state index contributed by atoms with van der Waals surface area (Å²) in [5.41, 5.74) is 2.17. The summed E-state index contributed by atoms with van der Waals surface area (Å²) in [6.07, 6.45) is 3.30. The second-order valence-corrected chi connectivity index (χ2v) is 7.58. The first-order chi connectivity index (χ1) is 15.5. The standard InChI is InChI=1S/C24H20ClN3O4/c1-16(29)18-5-7-21(8-6-18)31-15-22-9-10-23(32-22)24(30)27-20-12-26-28(14-20)13-17-3-2-4-19(25)11-17/h2-12,14H,13,15H2,1H3,(H,27,30). The van der Waals surface area contributed by atoms with E-state index in [0.717, 1.165) is 5.56 Å². The van der Waals surface area contributed by atoms with Crippen LogP contribution in [0.1, 0.15) is 39.2 Å². The van der Waals surface area contributed by atoms with Crippen molar-refractivity contribution in [1.82, 2.24) is 9.78 Å². The second kappa shape index (κ2) is 9.53. The molecule has 1 amide bonds. The lowest BCUT2D eigenvalue weighted by atomic mass is 10.1. The smallest absolute Gasteiger partial charge is 0.291 e. The van der Waals surface area contributed by atoms with Crippen molar-refractivity contribution in [1.29, 1.82) is 0 Å². The SMILES string of the molecule is CC(=O)c1ccc(OCc2ccc(C(=O)Nc3cnn(Cc4cccc(Cl)c4)c3)o2)cc1. The summed E-state index contributed by atoms with van der Waals surface area (Å²) in [5.74, 6) is 0.877. The van der Waals surface area contributed by atoms with Gasteiger partial charge in [0.05, 0.1) is 18.4 Å². The third-order valence-electron chi connectivity index (χ3n) is 4.65. The summed E-state index contributed by atoms with van der Waals surface area (Å²) >= 11 is 6.01. The minimum Gasteiger partial charge on any atom is -0.486 e. The minimum atomic E-state index is -0.385. The summed E-state index contributed by atoms with van der Waals surface area (Å²) in [6.45, 7) is 2.20. The second-order valence-electron chi connectivity index (χ2n) is 7.15. The van der Waals surface area contributed by atoms with Crippen molar-refractivity contribution < 1.29 is 18.7 Å². The highest BCUT2D eigenvalue weighted by molar-refractivity contribution is 6.30. The summed E-state index contributed by atoms with van der Waals surface area (Å²) < 4.78 is 12.9. The van der Waals surface area contributed by atoms with E-state index in [1.807, 2.05) is 24.3 Å². The lowest BCUT2D eigenvalue weighted by Gasteiger charge is -2.05. The van der Waals surface area contributed by atoms with Crippen molar-refractivity contribution in [2.24, 2.45) is 0 Å². The van der Waals surface area contributed by atoms with E-state index in [4.69, 9.17) is 20.8 Å². The molecule has 0 aliphatic carbocycles. The average Bonchev–Trinajstić information content (AvgIpc) is 3.42. The fraction of sp³-hybridized carbons (Fsp3) is 0.125. The lowest BCUT2D eigenvalue weighted by Crippen LogP contribution is -2.10. The Morgan fingerprint density at radius 2 is 1.94 bits per heavy atom. The summed E-state index contributed by atoms with van der Waals surface area (Å²) in [5, 5.41) is 7.69. The number of hydrogen-bond donors (Lipinski definition) is 1. The molecule has 0 saturated carbocycles. The molecule has 0 atom stereocenters. The molecule has 8 heteroatoms. The Balaban J connectivity index is 1.32. The van der Waals surface area contributed by atoms with E-state index >= 15 is 0 Å². The highest BCUT2D eigenvalue weighted by Gasteiger charge is 2.13. The van der Waals surface area contributed by atoms with E-state index in [2.05, 4.69) is 10.4 Å². The van der Waals surface area contributed by atoms with Crippen LogP contribution in [0.25, 0.3) is 0 Å². The number of furan rings is 1. The largest absolute Gasteiger partial charge is 0.486 e. The number of halogens is 1. The first kappa shape index (κ1) is 21.4. The van der Waals surface area contributed by atoms with E-state index in [-0.39, 0.29) is 24.1 Å². The van der Waals surface area contributed by atoms with Crippen LogP contribution in [0.3, 0.4) is 0 Å². The van der Waals surface area contributed by atoms with Crippen LogP contribution in [-0.2, 0) is 13.2 Å². The molecule has 2 aromatic heterocycles. The summed E-state index contributed by atoms with van der Waals surface area (Å²) in [7, 11) is 0. The van der Waals surface area contributed by atoms with Gasteiger partial charge < -0.3 is 14.5 Å². The third-order valence-corrected chi connectivity index (χ3v) is 4.89. The van der Waals surface area contributed by atoms with Gasteiger partial charge in [-0.05, 0) is 61.0 Å². The molecule has 7 nitrogen and oxygen atoms in total. The third kappa shape index (κ3) is 5.44. The van der Waals surface area contributed by atoms with Gasteiger partial charge in [0.15, 0.2) is 11.5 Å². The van der Waals surface area contributed by atoms with Gasteiger partial charge in [-0.2, -0.15) is 5.10 Å². The molecule has 0 unspecified atom stereocenters. The molecular weight excluding hydrogens is 430 g/mol. The predicted molar refractivity (Wildman–Crippen MR) is 120 cm³/mol. The number of carbonyl (C=O) groups is 2. The molecule has 162 valence electrons. The van der Waals surface area contributed by atoms with Crippen LogP contribution in [0.4, 0.5) is 5.69 Å². The first-order valence-electron chi connectivity index (χ1n) is 9.87. The maximum Gasteiger partial charge on any atom is 0.291 e. The van der Waals surface area contributed by atoms with Gasteiger partial charge in [-0.3, -0.25) is 14.3 Å². The highest BCUT2D eigenvalue weighted by Crippen LogP contribution is 2.17. The fourth-order valence-electron chi connectivity index (χ4n) is 3.05. The van der Waals surface area contributed by atoms with Gasteiger partial charge >= 0.3 is 0 Å². The monoisotopic (exact) mass is 449 g/mol. The Morgan fingerprint density at radius 1 is 1.12 bits per heavy atom. The number of nitrogens with zero attached hydrogens (tertiary/aromatic N) is 2. The average molecular weight is 450 g/mol. The van der Waals surface area contributed by atoms with Gasteiger partial charge in [0, 0.05) is 16.8 Å². The van der Waals surface area contributed by atoms with Gasteiger partial charge in [0.25, 0.3) is 5.91 Å². The molecule has 0 aliphatic heterocycles. The molecule has 0 saturated heterocycles. The van der Waals surface area contributed by atoms with Crippen molar-refractivity contribution in [2.45, 2.75) is 20.1 Å². The molecular formula is C24H20ClN3O4. The van der Waals surface area contributed by atoms with Crippen molar-refractivity contribution in [3.8, 4) is 5.75 Å². The molecule has 4 aromatic rings. The lowest BCUT2D eigenvalue weighted by molar-refractivity contribution is 0.0990. The number of nitrogens with one attached hydrogen (secondary N) is 1. The Hall–Kier alpha value is -3.84. The number of ether oxygens (including phenoxy) is 1. The molecule has 0 radical (unpaired) electrons. The van der Waals surface area contributed by atoms with Crippen molar-refractivity contribution in [2.75, 3.05) is 5.32 Å². The number of hydrogen-bond acceptors (Lipinski definition) is 5. The maximum atomic E-state index is 12.5. The van der Waals surface area contributed by atoms with E-state index < -0.39 is 0 Å². The van der Waals surface area contributed by atoms with Crippen molar-refractivity contribution in [3.63, 3.8) is 0 Å². The first-order valence-corrected chi connectivity index (χ1v) is 10.2. The number of rotatable bonds is 8. The molecule has 2 heterocycles. The molecule has 0 spiro atoms. The summed E-state index contributed by atoms with van der Waals surface area (Å²) in [6, 6.07) is 17.6. The number of carbonyl (C=O) groups excluding carboxylic acids is 2. The number of benzene rings is 2. The highest BCUT2D eigenvalue weighted by atomic mass is 35.5. The van der Waals surface area contributed by atoms with E-state index in [9.17, 15) is 9.59 Å². The Bertz CT molecular complexity index is 1240. The van der Waals surface area contributed by atoms with Crippen LogP contribution in [0.15, 0.2) is 77.5 Å². The minimum absolute atomic E-state index is 0.00625. The topological polar surface area (TPSA) is 86.4 Å². The van der Waals surface area contributed by atoms with Gasteiger partial charge in [-0.1, -0.05) is 23.7 Å². The quantitative estimate of drug-likeness (QED) is 0.373. The number of ketones is 1. The van der Waals surface area contributed by atoms with Gasteiger partial charge in [0.1, 0.15) is 18.1 Å². The fourth-order valence-corrected chi connectivity index (χ4v) is 3.26. The number of Topliss-reactive ketones (excluding diaryl/α,β-unsaturated/α-hetero) is 1. The predicted octanol–water partition coefficient (Wildman–Crippen LogP) is 5.21. The van der Waals surface area contributed by atoms with E-state index in [0.29, 0.717) is 34.3 Å². The Morgan fingerprint density at radius 3 is 2.69 bits per heavy atom. The Labute approximate surface area is 189 Å². The normalized spacial score (nSPS) is 10.7. The van der Waals surface area contributed by atoms with Gasteiger partial charge in [0.2, 0.25) is 0 Å². The van der Waals surface area contributed by atoms with Crippen molar-refractivity contribution in [3.05, 3.63) is 101 Å². The molecule has 32 heavy (non-hydrogen) atoms. The molecule has 1 N–H and O–H groups in total. The zero-order chi connectivity index (χ0) is 22.5. The molecule has 0 aliphatic rings. The maximum absolute atomic E-state index is 12.5. The van der Waals surface area contributed by atoms with E-state index in [1.165, 1.54) is 6.92 Å². The number of amides is 1. The van der Waals surface area contributed by atoms with Gasteiger partial charge in [-0.25, -0.2) is 0 Å². The molecule has 0 fully saturated rings.